The molecule has 0 aliphatic carbocycles. The first-order valence-corrected chi connectivity index (χ1v) is 11.6. The molecule has 0 spiro atoms. The molecule has 0 radical (unpaired) electrons. The Labute approximate surface area is 191 Å². The maximum Gasteiger partial charge on any atom is 0.324 e. The second kappa shape index (κ2) is 9.54. The van der Waals surface area contributed by atoms with E-state index in [0.717, 1.165) is 27.8 Å². The van der Waals surface area contributed by atoms with Crippen molar-refractivity contribution in [3.8, 4) is 11.5 Å². The third kappa shape index (κ3) is 4.40. The number of anilines is 1. The van der Waals surface area contributed by atoms with Gasteiger partial charge in [-0.25, -0.2) is 0 Å². The van der Waals surface area contributed by atoms with Gasteiger partial charge < -0.3 is 18.9 Å². The highest BCUT2D eigenvalue weighted by atomic mass is 32.2. The van der Waals surface area contributed by atoms with Crippen LogP contribution in [0.3, 0.4) is 0 Å². The highest BCUT2D eigenvalue weighted by Crippen LogP contribution is 2.34. The van der Waals surface area contributed by atoms with E-state index in [1.807, 2.05) is 78.2 Å². The highest BCUT2D eigenvalue weighted by molar-refractivity contribution is 7.90. The van der Waals surface area contributed by atoms with Crippen LogP contribution in [0, 0.1) is 0 Å². The zero-order valence-corrected chi connectivity index (χ0v) is 19.6. The molecule has 0 saturated carbocycles. The first kappa shape index (κ1) is 22.0. The van der Waals surface area contributed by atoms with Crippen molar-refractivity contribution >= 4 is 27.9 Å². The highest BCUT2D eigenvalue weighted by Gasteiger charge is 2.25. The topological polar surface area (TPSA) is 62.6 Å². The third-order valence-electron chi connectivity index (χ3n) is 5.37. The van der Waals surface area contributed by atoms with Gasteiger partial charge in [0.1, 0.15) is 5.75 Å². The molecular weight excluding hydrogens is 422 g/mol. The van der Waals surface area contributed by atoms with Crippen LogP contribution >= 0.6 is 0 Å². The van der Waals surface area contributed by atoms with E-state index in [9.17, 15) is 4.55 Å². The van der Waals surface area contributed by atoms with Gasteiger partial charge in [0, 0.05) is 48.7 Å². The lowest BCUT2D eigenvalue weighted by atomic mass is 10.2. The first-order valence-electron chi connectivity index (χ1n) is 10.3. The lowest BCUT2D eigenvalue weighted by molar-refractivity contribution is 0.355. The lowest BCUT2D eigenvalue weighted by Gasteiger charge is -2.18. The van der Waals surface area contributed by atoms with Crippen molar-refractivity contribution < 1.29 is 14.0 Å². The van der Waals surface area contributed by atoms with Crippen LogP contribution in [0.15, 0.2) is 71.9 Å². The number of benzene rings is 3. The molecule has 4 rings (SSSR count). The zero-order valence-electron chi connectivity index (χ0n) is 18.7. The first-order chi connectivity index (χ1) is 15.5. The quantitative estimate of drug-likeness (QED) is 0.371. The van der Waals surface area contributed by atoms with Gasteiger partial charge in [0.05, 0.1) is 31.8 Å². The Morgan fingerprint density at radius 2 is 1.59 bits per heavy atom. The average Bonchev–Trinajstić information content (AvgIpc) is 3.16. The molecule has 32 heavy (non-hydrogen) atoms. The zero-order chi connectivity index (χ0) is 22.7. The van der Waals surface area contributed by atoms with E-state index in [1.54, 1.807) is 14.2 Å². The van der Waals surface area contributed by atoms with Crippen molar-refractivity contribution in [3.63, 3.8) is 0 Å². The Morgan fingerprint density at radius 3 is 2.28 bits per heavy atom. The van der Waals surface area contributed by atoms with E-state index >= 15 is 0 Å². The molecule has 0 amide bonds. The van der Waals surface area contributed by atoms with E-state index in [1.165, 1.54) is 0 Å². The van der Waals surface area contributed by atoms with Gasteiger partial charge >= 0.3 is 5.16 Å². The molecule has 1 aromatic heterocycles. The monoisotopic (exact) mass is 449 g/mol. The van der Waals surface area contributed by atoms with Crippen molar-refractivity contribution in [3.05, 3.63) is 77.9 Å². The SMILES string of the molecule is COc1cc2nc([S+]([O-])Cc3ccccc3N(C)C)n(Cc3ccccc3)c2cc1OC. The van der Waals surface area contributed by atoms with Gasteiger partial charge in [0.15, 0.2) is 11.5 Å². The Hall–Kier alpha value is -3.16. The van der Waals surface area contributed by atoms with Crippen LogP contribution in [0.1, 0.15) is 11.1 Å². The second-order valence-corrected chi connectivity index (χ2v) is 9.02. The van der Waals surface area contributed by atoms with Crippen LogP contribution in [0.4, 0.5) is 5.69 Å². The Bertz CT molecular complexity index is 1210. The van der Waals surface area contributed by atoms with E-state index in [4.69, 9.17) is 14.5 Å². The Morgan fingerprint density at radius 1 is 0.938 bits per heavy atom. The molecule has 3 aromatic carbocycles. The van der Waals surface area contributed by atoms with Gasteiger partial charge in [-0.3, -0.25) is 4.57 Å². The van der Waals surface area contributed by atoms with Crippen molar-refractivity contribution in [2.24, 2.45) is 0 Å². The number of rotatable bonds is 8. The second-order valence-electron chi connectivity index (χ2n) is 7.68. The summed E-state index contributed by atoms with van der Waals surface area (Å²) in [5.74, 6) is 1.59. The molecule has 1 atom stereocenters. The van der Waals surface area contributed by atoms with Crippen LogP contribution in [0.2, 0.25) is 0 Å². The summed E-state index contributed by atoms with van der Waals surface area (Å²) in [5, 5.41) is 0.535. The molecule has 0 N–H and O–H groups in total. The number of nitrogens with zero attached hydrogens (tertiary/aromatic N) is 3. The minimum absolute atomic E-state index is 0.376. The number of fused-ring (bicyclic) bond motifs is 1. The molecule has 0 aliphatic rings. The largest absolute Gasteiger partial charge is 0.609 e. The summed E-state index contributed by atoms with van der Waals surface area (Å²) in [4.78, 5) is 6.81. The van der Waals surface area contributed by atoms with Crippen LogP contribution in [-0.2, 0) is 23.5 Å². The molecular formula is C25H27N3O3S. The number of hydrogen-bond donors (Lipinski definition) is 0. The smallest absolute Gasteiger partial charge is 0.324 e. The maximum atomic E-state index is 13.6. The number of hydrogen-bond acceptors (Lipinski definition) is 5. The fourth-order valence-corrected chi connectivity index (χ4v) is 5.06. The number of para-hydroxylation sites is 1. The molecule has 0 fully saturated rings. The summed E-state index contributed by atoms with van der Waals surface area (Å²) in [6, 6.07) is 21.9. The summed E-state index contributed by atoms with van der Waals surface area (Å²) in [6.45, 7) is 0.559. The molecule has 1 unspecified atom stereocenters. The van der Waals surface area contributed by atoms with Gasteiger partial charge in [0.25, 0.3) is 0 Å². The average molecular weight is 450 g/mol. The minimum atomic E-state index is -1.35. The summed E-state index contributed by atoms with van der Waals surface area (Å²) in [6.07, 6.45) is 0. The number of aromatic nitrogens is 2. The van der Waals surface area contributed by atoms with Gasteiger partial charge in [-0.05, 0) is 11.6 Å². The van der Waals surface area contributed by atoms with Crippen molar-refractivity contribution in [1.82, 2.24) is 9.55 Å². The minimum Gasteiger partial charge on any atom is -0.609 e. The number of imidazole rings is 1. The van der Waals surface area contributed by atoms with Crippen LogP contribution < -0.4 is 14.4 Å². The summed E-state index contributed by atoms with van der Waals surface area (Å²) in [5.41, 5.74) is 4.76. The molecule has 6 nitrogen and oxygen atoms in total. The van der Waals surface area contributed by atoms with Gasteiger partial charge in [0.2, 0.25) is 0 Å². The van der Waals surface area contributed by atoms with E-state index < -0.39 is 11.2 Å². The van der Waals surface area contributed by atoms with Gasteiger partial charge in [-0.2, -0.15) is 4.98 Å². The standard InChI is InChI=1S/C25H27N3O3S/c1-27(2)21-13-9-8-12-19(21)17-32(29)25-26-20-14-23(30-3)24(31-4)15-22(20)28(25)16-18-10-6-5-7-11-18/h5-15H,16-17H2,1-4H3. The summed E-state index contributed by atoms with van der Waals surface area (Å²) in [7, 11) is 7.19. The number of ether oxygens (including phenoxy) is 2. The molecule has 0 bridgehead atoms. The Balaban J connectivity index is 1.81. The van der Waals surface area contributed by atoms with Crippen LogP contribution in [0.5, 0.6) is 11.5 Å². The van der Waals surface area contributed by atoms with Gasteiger partial charge in [-0.1, -0.05) is 48.5 Å². The van der Waals surface area contributed by atoms with E-state index in [2.05, 4.69) is 12.1 Å². The molecule has 7 heteroatoms. The normalized spacial score (nSPS) is 12.0. The van der Waals surface area contributed by atoms with E-state index in [0.29, 0.717) is 29.0 Å². The molecule has 0 saturated heterocycles. The summed E-state index contributed by atoms with van der Waals surface area (Å²) < 4.78 is 26.6. The molecule has 1 heterocycles. The van der Waals surface area contributed by atoms with Crippen molar-refractivity contribution in [2.75, 3.05) is 33.2 Å². The molecule has 166 valence electrons. The lowest BCUT2D eigenvalue weighted by Crippen LogP contribution is -2.17. The maximum absolute atomic E-state index is 13.6. The van der Waals surface area contributed by atoms with E-state index in [-0.39, 0.29) is 0 Å². The third-order valence-corrected chi connectivity index (χ3v) is 6.66. The molecule has 0 aliphatic heterocycles. The number of methoxy groups -OCH3 is 2. The van der Waals surface area contributed by atoms with Crippen molar-refractivity contribution in [2.45, 2.75) is 17.5 Å². The fraction of sp³-hybridized carbons (Fsp3) is 0.240. The fourth-order valence-electron chi connectivity index (χ4n) is 3.80. The van der Waals surface area contributed by atoms with Crippen molar-refractivity contribution in [1.29, 1.82) is 0 Å². The van der Waals surface area contributed by atoms with Crippen LogP contribution in [0.25, 0.3) is 11.0 Å². The van der Waals surface area contributed by atoms with Gasteiger partial charge in [-0.15, -0.1) is 0 Å². The summed E-state index contributed by atoms with van der Waals surface area (Å²) >= 11 is -1.35. The van der Waals surface area contributed by atoms with Crippen LogP contribution in [-0.4, -0.2) is 42.4 Å². The molecule has 4 aromatic rings. The predicted molar refractivity (Wildman–Crippen MR) is 129 cm³/mol. The predicted octanol–water partition coefficient (Wildman–Crippen LogP) is 4.48. The Kier molecular flexibility index (Phi) is 6.58.